The maximum atomic E-state index is 12.3. The summed E-state index contributed by atoms with van der Waals surface area (Å²) in [5.41, 5.74) is 3.24. The third-order valence-corrected chi connectivity index (χ3v) is 7.84. The maximum absolute atomic E-state index is 12.3. The standard InChI is InChI=1S/C21H26ClFN4O2S.ClH/c22-17-5-3-16(4-6-17)21(8-1-9-21)20-19-15(7-11-24-20)13-25-18(27-19)14-26-30(28,29)12-2-10-23;/h3-6,13,20,24,26H,1-2,7-12,14H2;1H. The van der Waals surface area contributed by atoms with Gasteiger partial charge in [0.25, 0.3) is 0 Å². The molecule has 0 radical (unpaired) electrons. The number of nitrogens with one attached hydrogen (secondary N) is 2. The first kappa shape index (κ1) is 24.3. The van der Waals surface area contributed by atoms with Gasteiger partial charge >= 0.3 is 0 Å². The molecule has 1 fully saturated rings. The average Bonchev–Trinajstić information content (AvgIpc) is 2.71. The topological polar surface area (TPSA) is 84.0 Å². The van der Waals surface area contributed by atoms with Crippen LogP contribution in [0.15, 0.2) is 30.5 Å². The number of aromatic nitrogens is 2. The Hall–Kier alpha value is -1.32. The lowest BCUT2D eigenvalue weighted by atomic mass is 9.58. The Kier molecular flexibility index (Phi) is 7.91. The summed E-state index contributed by atoms with van der Waals surface area (Å²) >= 11 is 6.10. The summed E-state index contributed by atoms with van der Waals surface area (Å²) in [4.78, 5) is 9.13. The van der Waals surface area contributed by atoms with E-state index >= 15 is 0 Å². The SMILES string of the molecule is Cl.O=S(=O)(CCCF)NCc1ncc2c(n1)C(C1(c3ccc(Cl)cc3)CCC1)NCC2. The summed E-state index contributed by atoms with van der Waals surface area (Å²) in [7, 11) is -3.54. The predicted octanol–water partition coefficient (Wildman–Crippen LogP) is 3.64. The molecule has 0 bridgehead atoms. The quantitative estimate of drug-likeness (QED) is 0.592. The molecule has 6 nitrogen and oxygen atoms in total. The third kappa shape index (κ3) is 5.20. The largest absolute Gasteiger partial charge is 0.308 e. The van der Waals surface area contributed by atoms with Crippen molar-refractivity contribution < 1.29 is 12.8 Å². The van der Waals surface area contributed by atoms with Crippen molar-refractivity contribution in [3.63, 3.8) is 0 Å². The molecular weight excluding hydrogens is 462 g/mol. The fourth-order valence-corrected chi connectivity index (χ4v) is 5.57. The van der Waals surface area contributed by atoms with Crippen LogP contribution in [0.4, 0.5) is 4.39 Å². The molecule has 4 rings (SSSR count). The van der Waals surface area contributed by atoms with Gasteiger partial charge in [-0.05, 0) is 55.5 Å². The Labute approximate surface area is 193 Å². The summed E-state index contributed by atoms with van der Waals surface area (Å²) < 4.78 is 38.8. The smallest absolute Gasteiger partial charge is 0.212 e. The van der Waals surface area contributed by atoms with Crippen molar-refractivity contribution in [2.45, 2.75) is 50.1 Å². The maximum Gasteiger partial charge on any atom is 0.212 e. The number of fused-ring (bicyclic) bond motifs is 1. The molecule has 31 heavy (non-hydrogen) atoms. The highest BCUT2D eigenvalue weighted by atomic mass is 35.5. The van der Waals surface area contributed by atoms with Gasteiger partial charge in [0.05, 0.1) is 30.7 Å². The van der Waals surface area contributed by atoms with Gasteiger partial charge in [0.1, 0.15) is 5.82 Å². The van der Waals surface area contributed by atoms with Crippen molar-refractivity contribution >= 4 is 34.0 Å². The molecule has 1 aliphatic carbocycles. The number of sulfonamides is 1. The fraction of sp³-hybridized carbons (Fsp3) is 0.524. The lowest BCUT2D eigenvalue weighted by Crippen LogP contribution is -2.49. The number of hydrogen-bond donors (Lipinski definition) is 2. The first-order chi connectivity index (χ1) is 14.4. The Morgan fingerprint density at radius 1 is 1.26 bits per heavy atom. The predicted molar refractivity (Wildman–Crippen MR) is 122 cm³/mol. The van der Waals surface area contributed by atoms with E-state index in [9.17, 15) is 12.8 Å². The van der Waals surface area contributed by atoms with Crippen LogP contribution >= 0.6 is 24.0 Å². The second-order valence-corrected chi connectivity index (χ2v) is 10.4. The van der Waals surface area contributed by atoms with Crippen LogP contribution in [0.5, 0.6) is 0 Å². The van der Waals surface area contributed by atoms with Gasteiger partial charge in [-0.3, -0.25) is 4.39 Å². The molecule has 1 aromatic carbocycles. The second-order valence-electron chi connectivity index (χ2n) is 8.03. The summed E-state index contributed by atoms with van der Waals surface area (Å²) in [6.45, 7) is 0.199. The molecule has 0 amide bonds. The van der Waals surface area contributed by atoms with Gasteiger partial charge < -0.3 is 5.32 Å². The lowest BCUT2D eigenvalue weighted by molar-refractivity contribution is 0.161. The van der Waals surface area contributed by atoms with Gasteiger partial charge in [0, 0.05) is 16.6 Å². The van der Waals surface area contributed by atoms with E-state index in [4.69, 9.17) is 16.6 Å². The summed E-state index contributed by atoms with van der Waals surface area (Å²) in [5, 5.41) is 4.37. The molecular formula is C21H27Cl2FN4O2S. The highest BCUT2D eigenvalue weighted by Crippen LogP contribution is 2.53. The van der Waals surface area contributed by atoms with Crippen LogP contribution in [0.3, 0.4) is 0 Å². The number of alkyl halides is 1. The summed E-state index contributed by atoms with van der Waals surface area (Å²) in [6.07, 6.45) is 5.90. The van der Waals surface area contributed by atoms with E-state index in [1.54, 1.807) is 0 Å². The second kappa shape index (κ2) is 10.1. The fourth-order valence-electron chi connectivity index (χ4n) is 4.47. The van der Waals surface area contributed by atoms with E-state index in [1.165, 1.54) is 5.56 Å². The number of rotatable bonds is 8. The van der Waals surface area contributed by atoms with E-state index in [0.29, 0.717) is 5.82 Å². The van der Waals surface area contributed by atoms with E-state index in [0.717, 1.165) is 48.5 Å². The summed E-state index contributed by atoms with van der Waals surface area (Å²) in [6, 6.07) is 8.09. The highest BCUT2D eigenvalue weighted by Gasteiger charge is 2.48. The lowest BCUT2D eigenvalue weighted by Gasteiger charge is -2.50. The molecule has 2 aliphatic rings. The van der Waals surface area contributed by atoms with Gasteiger partial charge in [0.2, 0.25) is 10.0 Å². The molecule has 0 saturated heterocycles. The van der Waals surface area contributed by atoms with Gasteiger partial charge in [-0.2, -0.15) is 0 Å². The third-order valence-electron chi connectivity index (χ3n) is 6.18. The van der Waals surface area contributed by atoms with Crippen LogP contribution < -0.4 is 10.0 Å². The van der Waals surface area contributed by atoms with Crippen molar-refractivity contribution in [3.8, 4) is 0 Å². The molecule has 2 aromatic rings. The minimum Gasteiger partial charge on any atom is -0.308 e. The van der Waals surface area contributed by atoms with Crippen molar-refractivity contribution in [1.82, 2.24) is 20.0 Å². The number of benzene rings is 1. The van der Waals surface area contributed by atoms with Crippen molar-refractivity contribution in [3.05, 3.63) is 58.1 Å². The average molecular weight is 489 g/mol. The highest BCUT2D eigenvalue weighted by molar-refractivity contribution is 7.89. The van der Waals surface area contributed by atoms with E-state index in [1.807, 2.05) is 18.3 Å². The molecule has 1 saturated carbocycles. The van der Waals surface area contributed by atoms with Crippen LogP contribution in [0.25, 0.3) is 0 Å². The molecule has 170 valence electrons. The first-order valence-electron chi connectivity index (χ1n) is 10.3. The molecule has 2 N–H and O–H groups in total. The van der Waals surface area contributed by atoms with Crippen molar-refractivity contribution in [1.29, 1.82) is 0 Å². The molecule has 1 aliphatic heterocycles. The molecule has 10 heteroatoms. The monoisotopic (exact) mass is 488 g/mol. The van der Waals surface area contributed by atoms with Crippen LogP contribution in [-0.2, 0) is 28.4 Å². The van der Waals surface area contributed by atoms with E-state index in [-0.39, 0.29) is 42.6 Å². The zero-order valence-electron chi connectivity index (χ0n) is 17.1. The Morgan fingerprint density at radius 2 is 2.00 bits per heavy atom. The van der Waals surface area contributed by atoms with Crippen LogP contribution in [0.1, 0.15) is 54.4 Å². The summed E-state index contributed by atoms with van der Waals surface area (Å²) in [5.74, 6) is 0.190. The minimum absolute atomic E-state index is 0. The minimum atomic E-state index is -3.54. The normalized spacial score (nSPS) is 19.7. The Bertz CT molecular complexity index is 1000. The zero-order valence-corrected chi connectivity index (χ0v) is 19.5. The zero-order chi connectivity index (χ0) is 21.2. The van der Waals surface area contributed by atoms with Gasteiger partial charge in [-0.25, -0.2) is 23.1 Å². The Balaban J connectivity index is 0.00000272. The first-order valence-corrected chi connectivity index (χ1v) is 12.3. The number of nitrogens with zero attached hydrogens (tertiary/aromatic N) is 2. The number of hydrogen-bond acceptors (Lipinski definition) is 5. The molecule has 1 atom stereocenters. The van der Waals surface area contributed by atoms with Crippen molar-refractivity contribution in [2.75, 3.05) is 19.0 Å². The molecule has 0 spiro atoms. The number of halogens is 3. The van der Waals surface area contributed by atoms with Gasteiger partial charge in [0.15, 0.2) is 0 Å². The van der Waals surface area contributed by atoms with Crippen molar-refractivity contribution in [2.24, 2.45) is 0 Å². The Morgan fingerprint density at radius 3 is 2.65 bits per heavy atom. The molecule has 1 aromatic heterocycles. The van der Waals surface area contributed by atoms with Crippen LogP contribution in [0.2, 0.25) is 5.02 Å². The van der Waals surface area contributed by atoms with E-state index < -0.39 is 16.7 Å². The van der Waals surface area contributed by atoms with E-state index in [2.05, 4.69) is 27.2 Å². The van der Waals surface area contributed by atoms with Gasteiger partial charge in [-0.15, -0.1) is 12.4 Å². The molecule has 1 unspecified atom stereocenters. The van der Waals surface area contributed by atoms with Crippen LogP contribution in [-0.4, -0.2) is 37.4 Å². The van der Waals surface area contributed by atoms with Crippen LogP contribution in [0, 0.1) is 0 Å². The van der Waals surface area contributed by atoms with Gasteiger partial charge in [-0.1, -0.05) is 30.2 Å². The molecule has 2 heterocycles.